The molecule has 0 amide bonds. The molecular formula is C21H20N2O2. The molecule has 1 aliphatic heterocycles. The standard InChI is InChI=1S/C21H20N2O2/c1-13-12-17-16-4-2-3-5-18(16)23-21(17)20(22-13)15-9-6-14(7-10-15)8-11-19(24)25/h2-11,13,20,22-23H,12H2,1H3,(H,24,25)/t13-,20+/m1/s1. The molecule has 0 radical (unpaired) electrons. The van der Waals surface area contributed by atoms with Gasteiger partial charge in [-0.2, -0.15) is 0 Å². The lowest BCUT2D eigenvalue weighted by Gasteiger charge is -2.29. The molecule has 4 rings (SSSR count). The molecule has 3 N–H and O–H groups in total. The summed E-state index contributed by atoms with van der Waals surface area (Å²) in [5, 5.41) is 13.7. The number of H-pyrrole nitrogens is 1. The van der Waals surface area contributed by atoms with Crippen LogP contribution in [-0.2, 0) is 11.2 Å². The summed E-state index contributed by atoms with van der Waals surface area (Å²) in [7, 11) is 0. The molecule has 3 aromatic rings. The van der Waals surface area contributed by atoms with Gasteiger partial charge in [-0.3, -0.25) is 0 Å². The number of aliphatic carboxylic acids is 1. The van der Waals surface area contributed by atoms with Gasteiger partial charge in [0.05, 0.1) is 6.04 Å². The summed E-state index contributed by atoms with van der Waals surface area (Å²) in [6.07, 6.45) is 3.78. The van der Waals surface area contributed by atoms with E-state index in [1.807, 2.05) is 12.1 Å². The van der Waals surface area contributed by atoms with E-state index in [1.54, 1.807) is 6.08 Å². The zero-order valence-electron chi connectivity index (χ0n) is 14.0. The fraction of sp³-hybridized carbons (Fsp3) is 0.190. The molecule has 2 heterocycles. The van der Waals surface area contributed by atoms with Gasteiger partial charge in [-0.15, -0.1) is 0 Å². The first kappa shape index (κ1) is 15.7. The highest BCUT2D eigenvalue weighted by atomic mass is 16.4. The van der Waals surface area contributed by atoms with Crippen LogP contribution < -0.4 is 5.32 Å². The van der Waals surface area contributed by atoms with Crippen molar-refractivity contribution < 1.29 is 9.90 Å². The van der Waals surface area contributed by atoms with Crippen LogP contribution >= 0.6 is 0 Å². The van der Waals surface area contributed by atoms with E-state index in [1.165, 1.54) is 27.7 Å². The molecule has 0 aliphatic carbocycles. The smallest absolute Gasteiger partial charge is 0.328 e. The summed E-state index contributed by atoms with van der Waals surface area (Å²) in [4.78, 5) is 14.2. The quantitative estimate of drug-likeness (QED) is 0.638. The maximum absolute atomic E-state index is 10.6. The van der Waals surface area contributed by atoms with Crippen LogP contribution in [0.25, 0.3) is 17.0 Å². The van der Waals surface area contributed by atoms with E-state index >= 15 is 0 Å². The van der Waals surface area contributed by atoms with Crippen molar-refractivity contribution in [1.29, 1.82) is 0 Å². The Bertz CT molecular complexity index is 954. The number of carboxylic acid groups (broad SMARTS) is 1. The lowest BCUT2D eigenvalue weighted by molar-refractivity contribution is -0.131. The Morgan fingerprint density at radius 1 is 1.16 bits per heavy atom. The van der Waals surface area contributed by atoms with Gasteiger partial charge in [0, 0.05) is 28.7 Å². The van der Waals surface area contributed by atoms with Crippen LogP contribution in [0.4, 0.5) is 0 Å². The molecule has 0 bridgehead atoms. The van der Waals surface area contributed by atoms with Gasteiger partial charge in [0.25, 0.3) is 0 Å². The summed E-state index contributed by atoms with van der Waals surface area (Å²) in [6, 6.07) is 17.0. The molecule has 0 saturated heterocycles. The van der Waals surface area contributed by atoms with Gasteiger partial charge in [-0.1, -0.05) is 42.5 Å². The van der Waals surface area contributed by atoms with Gasteiger partial charge >= 0.3 is 5.97 Å². The molecule has 0 saturated carbocycles. The molecule has 1 aliphatic rings. The van der Waals surface area contributed by atoms with Crippen LogP contribution in [-0.4, -0.2) is 22.1 Å². The highest BCUT2D eigenvalue weighted by Gasteiger charge is 2.28. The Balaban J connectivity index is 1.73. The molecule has 126 valence electrons. The van der Waals surface area contributed by atoms with Crippen LogP contribution in [0.15, 0.2) is 54.6 Å². The summed E-state index contributed by atoms with van der Waals surface area (Å²) < 4.78 is 0. The van der Waals surface area contributed by atoms with E-state index in [4.69, 9.17) is 5.11 Å². The summed E-state index contributed by atoms with van der Waals surface area (Å²) in [6.45, 7) is 2.21. The minimum Gasteiger partial charge on any atom is -0.478 e. The zero-order chi connectivity index (χ0) is 17.4. The lowest BCUT2D eigenvalue weighted by atomic mass is 9.90. The first-order valence-electron chi connectivity index (χ1n) is 8.48. The molecule has 0 unspecified atom stereocenters. The fourth-order valence-corrected chi connectivity index (χ4v) is 3.65. The number of hydrogen-bond acceptors (Lipinski definition) is 2. The van der Waals surface area contributed by atoms with Crippen molar-refractivity contribution in [3.05, 3.63) is 77.0 Å². The van der Waals surface area contributed by atoms with E-state index in [2.05, 4.69) is 53.6 Å². The van der Waals surface area contributed by atoms with Gasteiger partial charge in [-0.05, 0) is 42.2 Å². The second kappa shape index (κ2) is 6.22. The fourth-order valence-electron chi connectivity index (χ4n) is 3.65. The minimum atomic E-state index is -0.936. The van der Waals surface area contributed by atoms with E-state index in [0.29, 0.717) is 6.04 Å². The van der Waals surface area contributed by atoms with Gasteiger partial charge < -0.3 is 15.4 Å². The molecule has 4 nitrogen and oxygen atoms in total. The number of para-hydroxylation sites is 1. The van der Waals surface area contributed by atoms with Crippen molar-refractivity contribution in [1.82, 2.24) is 10.3 Å². The molecular weight excluding hydrogens is 312 g/mol. The second-order valence-corrected chi connectivity index (χ2v) is 6.61. The Hall–Kier alpha value is -2.85. The number of rotatable bonds is 3. The van der Waals surface area contributed by atoms with Crippen LogP contribution in [0.3, 0.4) is 0 Å². The number of carbonyl (C=O) groups is 1. The first-order valence-corrected chi connectivity index (χ1v) is 8.48. The maximum atomic E-state index is 10.6. The molecule has 4 heteroatoms. The Kier molecular flexibility index (Phi) is 3.90. The van der Waals surface area contributed by atoms with Gasteiger partial charge in [0.2, 0.25) is 0 Å². The van der Waals surface area contributed by atoms with E-state index in [9.17, 15) is 4.79 Å². The van der Waals surface area contributed by atoms with Crippen LogP contribution in [0.1, 0.15) is 35.3 Å². The molecule has 2 atom stereocenters. The molecule has 2 aromatic carbocycles. The second-order valence-electron chi connectivity index (χ2n) is 6.61. The molecule has 0 spiro atoms. The van der Waals surface area contributed by atoms with Gasteiger partial charge in [-0.25, -0.2) is 4.79 Å². The van der Waals surface area contributed by atoms with Crippen molar-refractivity contribution in [2.75, 3.05) is 0 Å². The predicted molar refractivity (Wildman–Crippen MR) is 99.6 cm³/mol. The normalized spacial score (nSPS) is 20.0. The third-order valence-electron chi connectivity index (χ3n) is 4.78. The van der Waals surface area contributed by atoms with E-state index in [-0.39, 0.29) is 6.04 Å². The van der Waals surface area contributed by atoms with Gasteiger partial charge in [0.1, 0.15) is 0 Å². The Labute approximate surface area is 146 Å². The molecule has 25 heavy (non-hydrogen) atoms. The number of hydrogen-bond donors (Lipinski definition) is 3. The van der Waals surface area contributed by atoms with Crippen LogP contribution in [0.2, 0.25) is 0 Å². The van der Waals surface area contributed by atoms with E-state index < -0.39 is 5.97 Å². The number of nitrogens with one attached hydrogen (secondary N) is 2. The minimum absolute atomic E-state index is 0.114. The van der Waals surface area contributed by atoms with Crippen molar-refractivity contribution in [2.24, 2.45) is 0 Å². The van der Waals surface area contributed by atoms with Crippen molar-refractivity contribution >= 4 is 22.9 Å². The van der Waals surface area contributed by atoms with Crippen LogP contribution in [0.5, 0.6) is 0 Å². The highest BCUT2D eigenvalue weighted by molar-refractivity contribution is 5.86. The summed E-state index contributed by atoms with van der Waals surface area (Å²) in [5.41, 5.74) is 5.85. The molecule has 1 aromatic heterocycles. The topological polar surface area (TPSA) is 65.1 Å². The average Bonchev–Trinajstić information content (AvgIpc) is 2.98. The summed E-state index contributed by atoms with van der Waals surface area (Å²) in [5.74, 6) is -0.936. The SMILES string of the molecule is C[C@@H]1Cc2c([nH]c3ccccc23)[C@H](c2ccc(C=CC(=O)O)cc2)N1. The zero-order valence-corrected chi connectivity index (χ0v) is 14.0. The lowest BCUT2D eigenvalue weighted by Crippen LogP contribution is -2.37. The number of aromatic amines is 1. The maximum Gasteiger partial charge on any atom is 0.328 e. The largest absolute Gasteiger partial charge is 0.478 e. The Morgan fingerprint density at radius 2 is 1.92 bits per heavy atom. The van der Waals surface area contributed by atoms with Gasteiger partial charge in [0.15, 0.2) is 0 Å². The number of aromatic nitrogens is 1. The molecule has 0 fully saturated rings. The van der Waals surface area contributed by atoms with Crippen molar-refractivity contribution in [3.8, 4) is 0 Å². The number of benzene rings is 2. The first-order chi connectivity index (χ1) is 12.1. The van der Waals surface area contributed by atoms with Crippen LogP contribution in [0, 0.1) is 0 Å². The van der Waals surface area contributed by atoms with E-state index in [0.717, 1.165) is 18.1 Å². The summed E-state index contributed by atoms with van der Waals surface area (Å²) >= 11 is 0. The monoisotopic (exact) mass is 332 g/mol. The number of fused-ring (bicyclic) bond motifs is 3. The van der Waals surface area contributed by atoms with Crippen molar-refractivity contribution in [3.63, 3.8) is 0 Å². The third-order valence-corrected chi connectivity index (χ3v) is 4.78. The predicted octanol–water partition coefficient (Wildman–Crippen LogP) is 3.89. The van der Waals surface area contributed by atoms with Crippen molar-refractivity contribution in [2.45, 2.75) is 25.4 Å². The third kappa shape index (κ3) is 2.96. The highest BCUT2D eigenvalue weighted by Crippen LogP contribution is 2.35. The Morgan fingerprint density at radius 3 is 2.68 bits per heavy atom. The number of carboxylic acids is 1. The average molecular weight is 332 g/mol.